The van der Waals surface area contributed by atoms with Crippen molar-refractivity contribution in [3.63, 3.8) is 0 Å². The van der Waals surface area contributed by atoms with E-state index in [1.54, 1.807) is 6.92 Å². The number of nitrogens with zero attached hydrogens (tertiary/aromatic N) is 1. The summed E-state index contributed by atoms with van der Waals surface area (Å²) in [7, 11) is 0. The van der Waals surface area contributed by atoms with Crippen LogP contribution in [0.15, 0.2) is 0 Å². The molecule has 0 N–H and O–H groups in total. The lowest BCUT2D eigenvalue weighted by Gasteiger charge is -2.33. The predicted molar refractivity (Wildman–Crippen MR) is 61.6 cm³/mol. The topological polar surface area (TPSA) is 20.3 Å². The largest absolute Gasteiger partial charge is 0.343 e. The molecule has 15 heavy (non-hydrogen) atoms. The first-order valence-corrected chi connectivity index (χ1v) is 6.51. The lowest BCUT2D eigenvalue weighted by molar-refractivity contribution is -0.130. The smallest absolute Gasteiger partial charge is 0.219 e. The molecule has 1 aliphatic heterocycles. The number of hydrogen-bond acceptors (Lipinski definition) is 1. The Morgan fingerprint density at radius 3 is 2.47 bits per heavy atom. The number of hydrogen-bond donors (Lipinski definition) is 0. The van der Waals surface area contributed by atoms with Crippen LogP contribution in [0.5, 0.6) is 0 Å². The van der Waals surface area contributed by atoms with E-state index >= 15 is 0 Å². The number of amides is 1. The van der Waals surface area contributed by atoms with Gasteiger partial charge in [-0.2, -0.15) is 0 Å². The van der Waals surface area contributed by atoms with Gasteiger partial charge in [-0.3, -0.25) is 4.79 Å². The van der Waals surface area contributed by atoms with E-state index in [4.69, 9.17) is 0 Å². The maximum Gasteiger partial charge on any atom is 0.219 e. The minimum Gasteiger partial charge on any atom is -0.343 e. The Morgan fingerprint density at radius 1 is 1.13 bits per heavy atom. The Hall–Kier alpha value is -0.530. The Labute approximate surface area is 93.0 Å². The van der Waals surface area contributed by atoms with E-state index in [-0.39, 0.29) is 5.91 Å². The van der Waals surface area contributed by atoms with Gasteiger partial charge in [0.15, 0.2) is 0 Å². The second-order valence-corrected chi connectivity index (χ2v) is 5.36. The molecule has 86 valence electrons. The van der Waals surface area contributed by atoms with Crippen molar-refractivity contribution in [1.29, 1.82) is 0 Å². The molecule has 0 aromatic heterocycles. The minimum absolute atomic E-state index is 0.270. The molecule has 0 aromatic rings. The maximum absolute atomic E-state index is 11.3. The molecule has 1 unspecified atom stereocenters. The first kappa shape index (κ1) is 11.0. The summed E-state index contributed by atoms with van der Waals surface area (Å²) < 4.78 is 0. The third kappa shape index (κ3) is 2.96. The van der Waals surface area contributed by atoms with Crippen molar-refractivity contribution in [3.8, 4) is 0 Å². The molecule has 2 nitrogen and oxygen atoms in total. The van der Waals surface area contributed by atoms with Gasteiger partial charge >= 0.3 is 0 Å². The molecule has 1 heterocycles. The van der Waals surface area contributed by atoms with E-state index in [0.717, 1.165) is 24.9 Å². The summed E-state index contributed by atoms with van der Waals surface area (Å²) in [6.07, 6.45) is 9.70. The van der Waals surface area contributed by atoms with Crippen molar-refractivity contribution in [2.45, 2.75) is 51.9 Å². The summed E-state index contributed by atoms with van der Waals surface area (Å²) >= 11 is 0. The zero-order chi connectivity index (χ0) is 10.7. The highest BCUT2D eigenvalue weighted by Gasteiger charge is 2.25. The van der Waals surface area contributed by atoms with Crippen LogP contribution in [0.2, 0.25) is 0 Å². The average Bonchev–Trinajstić information content (AvgIpc) is 2.71. The molecule has 2 rings (SSSR count). The minimum atomic E-state index is 0.270. The first-order valence-electron chi connectivity index (χ1n) is 6.51. The van der Waals surface area contributed by atoms with E-state index in [0.29, 0.717) is 0 Å². The highest BCUT2D eigenvalue weighted by molar-refractivity contribution is 5.73. The molecule has 1 atom stereocenters. The van der Waals surface area contributed by atoms with Gasteiger partial charge in [0.25, 0.3) is 0 Å². The van der Waals surface area contributed by atoms with Crippen molar-refractivity contribution in [2.24, 2.45) is 11.8 Å². The standard InChI is InChI=1S/C13H23NO/c1-11(15)14-8-4-7-13(10-14)9-12-5-2-3-6-12/h12-13H,2-10H2,1H3. The van der Waals surface area contributed by atoms with Crippen LogP contribution >= 0.6 is 0 Å². The number of rotatable bonds is 2. The van der Waals surface area contributed by atoms with Gasteiger partial charge in [-0.25, -0.2) is 0 Å². The highest BCUT2D eigenvalue weighted by Crippen LogP contribution is 2.33. The highest BCUT2D eigenvalue weighted by atomic mass is 16.2. The predicted octanol–water partition coefficient (Wildman–Crippen LogP) is 2.83. The quantitative estimate of drug-likeness (QED) is 0.685. The van der Waals surface area contributed by atoms with Gasteiger partial charge in [0.05, 0.1) is 0 Å². The number of piperidine rings is 1. The van der Waals surface area contributed by atoms with Crippen molar-refractivity contribution < 1.29 is 4.79 Å². The van der Waals surface area contributed by atoms with Gasteiger partial charge in [-0.05, 0) is 31.1 Å². The summed E-state index contributed by atoms with van der Waals surface area (Å²) in [5.74, 6) is 2.04. The molecule has 0 spiro atoms. The van der Waals surface area contributed by atoms with Crippen LogP contribution in [0.4, 0.5) is 0 Å². The monoisotopic (exact) mass is 209 g/mol. The van der Waals surface area contributed by atoms with Crippen molar-refractivity contribution in [2.75, 3.05) is 13.1 Å². The number of carbonyl (C=O) groups is 1. The summed E-state index contributed by atoms with van der Waals surface area (Å²) in [5, 5.41) is 0. The van der Waals surface area contributed by atoms with E-state index in [1.165, 1.54) is 44.9 Å². The van der Waals surface area contributed by atoms with E-state index < -0.39 is 0 Å². The zero-order valence-electron chi connectivity index (χ0n) is 9.87. The van der Waals surface area contributed by atoms with Crippen LogP contribution in [0.3, 0.4) is 0 Å². The average molecular weight is 209 g/mol. The zero-order valence-corrected chi connectivity index (χ0v) is 9.87. The third-order valence-corrected chi connectivity index (χ3v) is 4.11. The molecule has 0 aromatic carbocycles. The fourth-order valence-electron chi connectivity index (χ4n) is 3.26. The van der Waals surface area contributed by atoms with Gasteiger partial charge < -0.3 is 4.90 Å². The lowest BCUT2D eigenvalue weighted by Crippen LogP contribution is -2.39. The molecule has 1 amide bonds. The Morgan fingerprint density at radius 2 is 1.80 bits per heavy atom. The van der Waals surface area contributed by atoms with Crippen LogP contribution in [0.25, 0.3) is 0 Å². The normalized spacial score (nSPS) is 28.3. The summed E-state index contributed by atoms with van der Waals surface area (Å²) in [5.41, 5.74) is 0. The van der Waals surface area contributed by atoms with Gasteiger partial charge in [-0.15, -0.1) is 0 Å². The fourth-order valence-corrected chi connectivity index (χ4v) is 3.26. The van der Waals surface area contributed by atoms with Crippen molar-refractivity contribution >= 4 is 5.91 Å². The molecule has 0 radical (unpaired) electrons. The number of likely N-dealkylation sites (tertiary alicyclic amines) is 1. The molecule has 1 saturated carbocycles. The summed E-state index contributed by atoms with van der Waals surface area (Å²) in [6, 6.07) is 0. The van der Waals surface area contributed by atoms with Crippen molar-refractivity contribution in [1.82, 2.24) is 4.90 Å². The first-order chi connectivity index (χ1) is 7.25. The van der Waals surface area contributed by atoms with Gasteiger partial charge in [-0.1, -0.05) is 25.7 Å². The van der Waals surface area contributed by atoms with Crippen LogP contribution in [-0.4, -0.2) is 23.9 Å². The Bertz CT molecular complexity index is 221. The maximum atomic E-state index is 11.3. The van der Waals surface area contributed by atoms with Gasteiger partial charge in [0.1, 0.15) is 0 Å². The fraction of sp³-hybridized carbons (Fsp3) is 0.923. The number of carbonyl (C=O) groups excluding carboxylic acids is 1. The summed E-state index contributed by atoms with van der Waals surface area (Å²) in [6.45, 7) is 3.74. The molecule has 1 aliphatic carbocycles. The van der Waals surface area contributed by atoms with Crippen LogP contribution in [0, 0.1) is 11.8 Å². The molecule has 2 aliphatic rings. The van der Waals surface area contributed by atoms with E-state index in [1.807, 2.05) is 4.90 Å². The van der Waals surface area contributed by atoms with E-state index in [9.17, 15) is 4.79 Å². The Balaban J connectivity index is 1.79. The van der Waals surface area contributed by atoms with Crippen molar-refractivity contribution in [3.05, 3.63) is 0 Å². The molecular weight excluding hydrogens is 186 g/mol. The molecular formula is C13H23NO. The van der Waals surface area contributed by atoms with E-state index in [2.05, 4.69) is 0 Å². The third-order valence-electron chi connectivity index (χ3n) is 4.11. The molecule has 2 heteroatoms. The second-order valence-electron chi connectivity index (χ2n) is 5.36. The van der Waals surface area contributed by atoms with Gasteiger partial charge in [0.2, 0.25) is 5.91 Å². The van der Waals surface area contributed by atoms with Gasteiger partial charge in [0, 0.05) is 20.0 Å². The molecule has 1 saturated heterocycles. The molecule has 2 fully saturated rings. The lowest BCUT2D eigenvalue weighted by atomic mass is 9.87. The second kappa shape index (κ2) is 5.00. The van der Waals surface area contributed by atoms with Crippen LogP contribution < -0.4 is 0 Å². The van der Waals surface area contributed by atoms with Crippen LogP contribution in [-0.2, 0) is 4.79 Å². The van der Waals surface area contributed by atoms with Crippen LogP contribution in [0.1, 0.15) is 51.9 Å². The molecule has 0 bridgehead atoms. The SMILES string of the molecule is CC(=O)N1CCCC(CC2CCCC2)C1. The Kier molecular flexibility index (Phi) is 3.66. The summed E-state index contributed by atoms with van der Waals surface area (Å²) in [4.78, 5) is 13.4.